The third-order valence-corrected chi connectivity index (χ3v) is 10.3. The zero-order chi connectivity index (χ0) is 32.0. The van der Waals surface area contributed by atoms with Crippen molar-refractivity contribution < 1.29 is 14.3 Å². The molecule has 5 heterocycles. The maximum absolute atomic E-state index is 15.7. The monoisotopic (exact) mass is 629 g/mol. The number of fused-ring (bicyclic) bond motifs is 1. The van der Waals surface area contributed by atoms with Crippen LogP contribution in [0.25, 0.3) is 22.3 Å². The molecule has 3 aromatic heterocycles. The molecule has 0 spiro atoms. The van der Waals surface area contributed by atoms with Crippen LogP contribution >= 0.6 is 0 Å². The summed E-state index contributed by atoms with van der Waals surface area (Å²) >= 11 is 0. The summed E-state index contributed by atoms with van der Waals surface area (Å²) in [7, 11) is 3.94. The van der Waals surface area contributed by atoms with Crippen LogP contribution in [0.2, 0.25) is 0 Å². The Labute approximate surface area is 269 Å². The van der Waals surface area contributed by atoms with E-state index in [4.69, 9.17) is 4.98 Å². The van der Waals surface area contributed by atoms with Gasteiger partial charge in [0.2, 0.25) is 5.95 Å². The fourth-order valence-electron chi connectivity index (χ4n) is 7.43. The van der Waals surface area contributed by atoms with Gasteiger partial charge in [0.1, 0.15) is 5.69 Å². The van der Waals surface area contributed by atoms with Crippen LogP contribution in [0.3, 0.4) is 0 Å². The third kappa shape index (κ3) is 6.13. The number of aromatic nitrogens is 5. The maximum atomic E-state index is 15.7. The van der Waals surface area contributed by atoms with Crippen molar-refractivity contribution in [1.82, 2.24) is 34.1 Å². The van der Waals surface area contributed by atoms with Crippen molar-refractivity contribution in [3.05, 3.63) is 54.2 Å². The van der Waals surface area contributed by atoms with Crippen LogP contribution in [-0.2, 0) is 7.05 Å². The number of amides is 1. The molecular formula is C34H44FN9O2. The van der Waals surface area contributed by atoms with E-state index >= 15 is 4.39 Å². The van der Waals surface area contributed by atoms with Crippen LogP contribution in [0.1, 0.15) is 61.8 Å². The molecule has 7 rings (SSSR count). The first-order valence-electron chi connectivity index (χ1n) is 16.5. The number of anilines is 2. The van der Waals surface area contributed by atoms with Gasteiger partial charge in [-0.3, -0.25) is 24.7 Å². The number of rotatable bonds is 6. The van der Waals surface area contributed by atoms with Crippen molar-refractivity contribution in [2.75, 3.05) is 56.5 Å². The number of carbonyl (C=O) groups excluding carboxylic acids is 1. The molecule has 2 saturated heterocycles. The predicted octanol–water partition coefficient (Wildman–Crippen LogP) is 4.31. The van der Waals surface area contributed by atoms with E-state index in [2.05, 4.69) is 59.9 Å². The van der Waals surface area contributed by atoms with Crippen molar-refractivity contribution in [3.63, 3.8) is 0 Å². The molecule has 11 nitrogen and oxygen atoms in total. The van der Waals surface area contributed by atoms with Gasteiger partial charge in [0.05, 0.1) is 28.4 Å². The molecule has 1 aromatic carbocycles. The van der Waals surface area contributed by atoms with Crippen LogP contribution in [0, 0.1) is 5.82 Å². The summed E-state index contributed by atoms with van der Waals surface area (Å²) in [6.45, 7) is 8.42. The molecule has 0 unspecified atom stereocenters. The number of nitrogens with one attached hydrogen (secondary N) is 1. The van der Waals surface area contributed by atoms with Crippen molar-refractivity contribution in [2.24, 2.45) is 7.05 Å². The highest BCUT2D eigenvalue weighted by Gasteiger charge is 2.33. The molecule has 4 aromatic rings. The SMILES string of the molecule is CN1CCN(C2CCN(c3ccc4c(c3)nc(NC(=O)c3ccnc(-c5cnn(C)c5)c3F)n4C3CCC(C)(O)CC3)CC2)CC1. The van der Waals surface area contributed by atoms with Gasteiger partial charge < -0.3 is 19.5 Å². The van der Waals surface area contributed by atoms with Gasteiger partial charge in [-0.1, -0.05) is 0 Å². The normalized spacial score (nSPS) is 23.7. The molecule has 46 heavy (non-hydrogen) atoms. The van der Waals surface area contributed by atoms with Crippen LogP contribution in [0.4, 0.5) is 16.0 Å². The minimum Gasteiger partial charge on any atom is -0.390 e. The molecule has 3 aliphatic rings. The Hall–Kier alpha value is -3.87. The van der Waals surface area contributed by atoms with Gasteiger partial charge in [0.25, 0.3) is 5.91 Å². The molecule has 12 heteroatoms. The molecule has 3 fully saturated rings. The van der Waals surface area contributed by atoms with Crippen LogP contribution in [-0.4, -0.2) is 103 Å². The largest absolute Gasteiger partial charge is 0.390 e. The van der Waals surface area contributed by atoms with Crippen LogP contribution < -0.4 is 10.2 Å². The van der Waals surface area contributed by atoms with Crippen LogP contribution in [0.5, 0.6) is 0 Å². The van der Waals surface area contributed by atoms with E-state index in [1.807, 2.05) is 6.92 Å². The second-order valence-electron chi connectivity index (χ2n) is 13.6. The number of carbonyl (C=O) groups is 1. The number of halogens is 1. The summed E-state index contributed by atoms with van der Waals surface area (Å²) in [5.41, 5.74) is 2.59. The molecule has 244 valence electrons. The Morgan fingerprint density at radius 2 is 1.74 bits per heavy atom. The average Bonchev–Trinajstić information content (AvgIpc) is 3.64. The third-order valence-electron chi connectivity index (χ3n) is 10.3. The Morgan fingerprint density at radius 3 is 2.43 bits per heavy atom. The van der Waals surface area contributed by atoms with Gasteiger partial charge in [-0.25, -0.2) is 9.37 Å². The van der Waals surface area contributed by atoms with Gasteiger partial charge in [-0.15, -0.1) is 0 Å². The lowest BCUT2D eigenvalue weighted by atomic mass is 9.83. The number of piperazine rings is 1. The number of imidazole rings is 1. The summed E-state index contributed by atoms with van der Waals surface area (Å²) in [4.78, 5) is 30.2. The molecule has 2 aliphatic heterocycles. The van der Waals surface area contributed by atoms with Gasteiger partial charge in [0.15, 0.2) is 5.82 Å². The Balaban J connectivity index is 1.15. The lowest BCUT2D eigenvalue weighted by Crippen LogP contribution is -2.52. The first-order chi connectivity index (χ1) is 22.1. The number of likely N-dealkylation sites (N-methyl/N-ethyl adjacent to an activating group) is 1. The lowest BCUT2D eigenvalue weighted by molar-refractivity contribution is 0.0106. The summed E-state index contributed by atoms with van der Waals surface area (Å²) < 4.78 is 19.3. The first-order valence-corrected chi connectivity index (χ1v) is 16.5. The molecule has 0 radical (unpaired) electrons. The van der Waals surface area contributed by atoms with Gasteiger partial charge in [-0.05, 0) is 76.8 Å². The number of hydrogen-bond donors (Lipinski definition) is 2. The summed E-state index contributed by atoms with van der Waals surface area (Å²) in [6, 6.07) is 8.43. The predicted molar refractivity (Wildman–Crippen MR) is 177 cm³/mol. The second-order valence-corrected chi connectivity index (χ2v) is 13.6. The highest BCUT2D eigenvalue weighted by atomic mass is 19.1. The van der Waals surface area contributed by atoms with Gasteiger partial charge in [0, 0.05) is 82.0 Å². The van der Waals surface area contributed by atoms with Gasteiger partial charge >= 0.3 is 0 Å². The molecule has 1 aliphatic carbocycles. The smallest absolute Gasteiger partial charge is 0.261 e. The molecule has 0 atom stereocenters. The molecule has 1 saturated carbocycles. The van der Waals surface area contributed by atoms with Crippen LogP contribution in [0.15, 0.2) is 42.9 Å². The Bertz CT molecular complexity index is 1710. The number of aliphatic hydroxyl groups is 1. The summed E-state index contributed by atoms with van der Waals surface area (Å²) in [5, 5.41) is 17.7. The quantitative estimate of drug-likeness (QED) is 0.325. The van der Waals surface area contributed by atoms with Crippen molar-refractivity contribution >= 4 is 28.6 Å². The topological polar surface area (TPSA) is 108 Å². The molecule has 0 bridgehead atoms. The number of nitrogens with zero attached hydrogens (tertiary/aromatic N) is 8. The first kappa shape index (κ1) is 30.8. The van der Waals surface area contributed by atoms with E-state index in [0.717, 1.165) is 81.7 Å². The number of benzene rings is 1. The van der Waals surface area contributed by atoms with E-state index in [1.165, 1.54) is 18.5 Å². The highest BCUT2D eigenvalue weighted by molar-refractivity contribution is 6.05. The molecule has 2 N–H and O–H groups in total. The number of pyridine rings is 1. The second kappa shape index (κ2) is 12.4. The number of aryl methyl sites for hydroxylation is 1. The van der Waals surface area contributed by atoms with E-state index in [9.17, 15) is 9.90 Å². The van der Waals surface area contributed by atoms with E-state index in [-0.39, 0.29) is 17.3 Å². The van der Waals surface area contributed by atoms with Crippen molar-refractivity contribution in [2.45, 2.75) is 63.1 Å². The van der Waals surface area contributed by atoms with E-state index in [0.29, 0.717) is 30.4 Å². The average molecular weight is 630 g/mol. The number of piperidine rings is 1. The minimum absolute atomic E-state index is 0.0407. The summed E-state index contributed by atoms with van der Waals surface area (Å²) in [6.07, 6.45) is 9.70. The Kier molecular flexibility index (Phi) is 8.28. The minimum atomic E-state index is -0.706. The fraction of sp³-hybridized carbons (Fsp3) is 0.529. The van der Waals surface area contributed by atoms with Crippen molar-refractivity contribution in [1.29, 1.82) is 0 Å². The Morgan fingerprint density at radius 1 is 1.00 bits per heavy atom. The highest BCUT2D eigenvalue weighted by Crippen LogP contribution is 2.39. The number of hydrogen-bond acceptors (Lipinski definition) is 8. The summed E-state index contributed by atoms with van der Waals surface area (Å²) in [5.74, 6) is -0.904. The van der Waals surface area contributed by atoms with Gasteiger partial charge in [-0.2, -0.15) is 5.10 Å². The maximum Gasteiger partial charge on any atom is 0.261 e. The van der Waals surface area contributed by atoms with E-state index in [1.54, 1.807) is 17.9 Å². The molecular weight excluding hydrogens is 585 g/mol. The zero-order valence-electron chi connectivity index (χ0n) is 27.0. The molecule has 1 amide bonds. The van der Waals surface area contributed by atoms with Crippen molar-refractivity contribution in [3.8, 4) is 11.3 Å². The lowest BCUT2D eigenvalue weighted by Gasteiger charge is -2.42. The fourth-order valence-corrected chi connectivity index (χ4v) is 7.43. The van der Waals surface area contributed by atoms with E-state index < -0.39 is 17.3 Å². The zero-order valence-corrected chi connectivity index (χ0v) is 27.0. The standard InChI is InChI=1S/C34H44FN9O2/c1-34(46)11-6-25(7-12-34)44-29-5-4-26(42-14-9-24(10-15-42)43-18-16-40(2)17-19-43)20-28(29)38-33(44)39-32(45)27-8-13-36-31(30(27)35)23-21-37-41(3)22-23/h4-5,8,13,20-22,24-25,46H,6-7,9-12,14-19H2,1-3H3,(H,38,39,45).